The first kappa shape index (κ1) is 20.9. The molecule has 1 aromatic rings. The zero-order valence-electron chi connectivity index (χ0n) is 17.9. The van der Waals surface area contributed by atoms with Crippen molar-refractivity contribution in [1.29, 1.82) is 5.26 Å². The maximum absolute atomic E-state index is 13.1. The van der Waals surface area contributed by atoms with E-state index in [4.69, 9.17) is 10.8 Å². The van der Waals surface area contributed by atoms with Crippen molar-refractivity contribution < 1.29 is 19.5 Å². The van der Waals surface area contributed by atoms with Crippen molar-refractivity contribution in [3.63, 3.8) is 0 Å². The molecule has 1 saturated carbocycles. The van der Waals surface area contributed by atoms with E-state index < -0.39 is 12.0 Å². The number of nitrogens with two attached hydrogens (primary N) is 1. The summed E-state index contributed by atoms with van der Waals surface area (Å²) in [6.45, 7) is 2.92. The zero-order chi connectivity index (χ0) is 22.7. The SMILES string of the molecule is C[C@@H](c1ccc(C(=O)O)cc1)N1C(=O)[C@H]2CC1CN2C[C@H](N)C(=O)N1[C@H](C#N)C[C@@H]2C[C@@H]21. The van der Waals surface area contributed by atoms with Crippen molar-refractivity contribution in [3.05, 3.63) is 35.4 Å². The maximum atomic E-state index is 13.1. The molecule has 0 radical (unpaired) electrons. The molecule has 4 fully saturated rings. The number of carbonyl (C=O) groups is 3. The van der Waals surface area contributed by atoms with E-state index in [2.05, 4.69) is 6.07 Å². The second-order valence-electron chi connectivity index (χ2n) is 9.50. The predicted molar refractivity (Wildman–Crippen MR) is 113 cm³/mol. The Hall–Kier alpha value is -2.96. The van der Waals surface area contributed by atoms with Crippen molar-refractivity contribution in [1.82, 2.24) is 14.7 Å². The van der Waals surface area contributed by atoms with Crippen LogP contribution in [0.1, 0.15) is 48.1 Å². The largest absolute Gasteiger partial charge is 0.478 e. The van der Waals surface area contributed by atoms with Crippen LogP contribution in [0.2, 0.25) is 0 Å². The van der Waals surface area contributed by atoms with Crippen LogP contribution in [0.3, 0.4) is 0 Å². The van der Waals surface area contributed by atoms with Crippen molar-refractivity contribution in [2.75, 3.05) is 13.1 Å². The average Bonchev–Trinajstić information content (AvgIpc) is 3.11. The van der Waals surface area contributed by atoms with Gasteiger partial charge in [0.1, 0.15) is 6.04 Å². The number of nitrogens with zero attached hydrogens (tertiary/aromatic N) is 4. The lowest BCUT2D eigenvalue weighted by atomic mass is 10.0. The highest BCUT2D eigenvalue weighted by Gasteiger charge is 2.56. The van der Waals surface area contributed by atoms with Crippen LogP contribution in [0, 0.1) is 17.2 Å². The van der Waals surface area contributed by atoms with Gasteiger partial charge in [0.2, 0.25) is 11.8 Å². The molecule has 2 bridgehead atoms. The molecule has 2 amide bonds. The van der Waals surface area contributed by atoms with Gasteiger partial charge in [-0.1, -0.05) is 12.1 Å². The van der Waals surface area contributed by atoms with Crippen molar-refractivity contribution in [2.24, 2.45) is 11.7 Å². The molecule has 1 aromatic carbocycles. The normalized spacial score (nSPS) is 32.5. The monoisotopic (exact) mass is 437 g/mol. The minimum atomic E-state index is -0.978. The third-order valence-corrected chi connectivity index (χ3v) is 7.63. The average molecular weight is 438 g/mol. The van der Waals surface area contributed by atoms with E-state index in [9.17, 15) is 19.6 Å². The van der Waals surface area contributed by atoms with Crippen molar-refractivity contribution in [2.45, 2.75) is 62.4 Å². The second-order valence-corrected chi connectivity index (χ2v) is 9.50. The maximum Gasteiger partial charge on any atom is 0.335 e. The molecule has 3 heterocycles. The van der Waals surface area contributed by atoms with Crippen LogP contribution in [-0.4, -0.2) is 80.9 Å². The number of nitriles is 1. The Morgan fingerprint density at radius 1 is 1.25 bits per heavy atom. The van der Waals surface area contributed by atoms with Gasteiger partial charge >= 0.3 is 5.97 Å². The number of carboxylic acid groups (broad SMARTS) is 1. The highest BCUT2D eigenvalue weighted by Crippen LogP contribution is 2.48. The number of rotatable bonds is 6. The topological polar surface area (TPSA) is 131 Å². The highest BCUT2D eigenvalue weighted by molar-refractivity contribution is 5.88. The minimum Gasteiger partial charge on any atom is -0.478 e. The first-order valence-electron chi connectivity index (χ1n) is 11.2. The Bertz CT molecular complexity index is 1000. The summed E-state index contributed by atoms with van der Waals surface area (Å²) < 4.78 is 0. The molecule has 168 valence electrons. The molecule has 3 N–H and O–H groups in total. The number of fused-ring (bicyclic) bond motifs is 3. The van der Waals surface area contributed by atoms with Gasteiger partial charge in [-0.05, 0) is 49.8 Å². The molecule has 9 nitrogen and oxygen atoms in total. The summed E-state index contributed by atoms with van der Waals surface area (Å²) in [6.07, 6.45) is 2.41. The van der Waals surface area contributed by atoms with Crippen LogP contribution in [-0.2, 0) is 9.59 Å². The minimum absolute atomic E-state index is 0.0223. The molecule has 7 atom stereocenters. The fourth-order valence-electron chi connectivity index (χ4n) is 5.87. The number of piperidine rings is 1. The van der Waals surface area contributed by atoms with Gasteiger partial charge in [0.05, 0.1) is 29.8 Å². The molecule has 1 unspecified atom stereocenters. The lowest BCUT2D eigenvalue weighted by Crippen LogP contribution is -2.57. The highest BCUT2D eigenvalue weighted by atomic mass is 16.4. The van der Waals surface area contributed by atoms with Crippen LogP contribution >= 0.6 is 0 Å². The first-order chi connectivity index (χ1) is 15.3. The Morgan fingerprint density at radius 3 is 2.59 bits per heavy atom. The summed E-state index contributed by atoms with van der Waals surface area (Å²) in [5, 5.41) is 18.4. The number of hydrogen-bond acceptors (Lipinski definition) is 6. The molecule has 3 saturated heterocycles. The van der Waals surface area contributed by atoms with Gasteiger partial charge < -0.3 is 20.6 Å². The summed E-state index contributed by atoms with van der Waals surface area (Å²) in [5.74, 6) is -0.691. The second kappa shape index (κ2) is 7.57. The van der Waals surface area contributed by atoms with Gasteiger partial charge in [-0.25, -0.2) is 4.79 Å². The molecule has 9 heteroatoms. The number of likely N-dealkylation sites (tertiary alicyclic amines) is 3. The molecule has 1 aliphatic carbocycles. The molecular formula is C23H27N5O4. The smallest absolute Gasteiger partial charge is 0.335 e. The molecule has 5 rings (SSSR count). The Kier molecular flexibility index (Phi) is 4.95. The van der Waals surface area contributed by atoms with Gasteiger partial charge in [-0.3, -0.25) is 14.5 Å². The predicted octanol–water partition coefficient (Wildman–Crippen LogP) is 0.571. The molecule has 32 heavy (non-hydrogen) atoms. The van der Waals surface area contributed by atoms with Crippen LogP contribution in [0.5, 0.6) is 0 Å². The molecule has 0 aromatic heterocycles. The van der Waals surface area contributed by atoms with Gasteiger partial charge in [-0.15, -0.1) is 0 Å². The molecule has 4 aliphatic rings. The first-order valence-corrected chi connectivity index (χ1v) is 11.2. The van der Waals surface area contributed by atoms with Gasteiger partial charge in [-0.2, -0.15) is 5.26 Å². The van der Waals surface area contributed by atoms with E-state index in [0.717, 1.165) is 18.4 Å². The van der Waals surface area contributed by atoms with E-state index in [-0.39, 0.29) is 47.6 Å². The van der Waals surface area contributed by atoms with E-state index in [0.29, 0.717) is 25.4 Å². The number of hydrogen-bond donors (Lipinski definition) is 2. The third kappa shape index (κ3) is 3.26. The van der Waals surface area contributed by atoms with Gasteiger partial charge in [0.15, 0.2) is 0 Å². The van der Waals surface area contributed by atoms with E-state index in [1.54, 1.807) is 29.2 Å². The van der Waals surface area contributed by atoms with Crippen LogP contribution in [0.4, 0.5) is 0 Å². The summed E-state index contributed by atoms with van der Waals surface area (Å²) >= 11 is 0. The third-order valence-electron chi connectivity index (χ3n) is 7.63. The lowest BCUT2D eigenvalue weighted by molar-refractivity contribution is -0.141. The number of carboxylic acids is 1. The summed E-state index contributed by atoms with van der Waals surface area (Å²) in [7, 11) is 0. The van der Waals surface area contributed by atoms with Crippen LogP contribution in [0.15, 0.2) is 24.3 Å². The number of amides is 2. The van der Waals surface area contributed by atoms with Crippen molar-refractivity contribution in [3.8, 4) is 6.07 Å². The standard InChI is InChI=1S/C23H27N5O4/c1-12(13-2-4-14(5-3-13)23(31)32)27-17-8-20(22(27)30)26(10-17)11-18(25)21(29)28-16(9-24)6-15-7-19(15)28/h2-5,12,15-20H,6-8,10-11,25H2,1H3,(H,31,32)/t12-,15+,16-,17?,18-,19-,20+/m0/s1. The van der Waals surface area contributed by atoms with Crippen molar-refractivity contribution >= 4 is 17.8 Å². The molecule has 0 spiro atoms. The summed E-state index contributed by atoms with van der Waals surface area (Å²) in [5.41, 5.74) is 7.37. The van der Waals surface area contributed by atoms with E-state index in [1.165, 1.54) is 0 Å². The number of aromatic carboxylic acids is 1. The fraction of sp³-hybridized carbons (Fsp3) is 0.565. The van der Waals surface area contributed by atoms with Crippen LogP contribution < -0.4 is 5.73 Å². The quantitative estimate of drug-likeness (QED) is 0.665. The molecular weight excluding hydrogens is 410 g/mol. The number of benzene rings is 1. The Balaban J connectivity index is 1.22. The lowest BCUT2D eigenvalue weighted by Gasteiger charge is -2.38. The summed E-state index contributed by atoms with van der Waals surface area (Å²) in [6, 6.07) is 7.48. The summed E-state index contributed by atoms with van der Waals surface area (Å²) in [4.78, 5) is 42.7. The number of piperazine rings is 1. The Labute approximate surface area is 186 Å². The van der Waals surface area contributed by atoms with Gasteiger partial charge in [0.25, 0.3) is 0 Å². The fourth-order valence-corrected chi connectivity index (χ4v) is 5.87. The molecule has 3 aliphatic heterocycles. The van der Waals surface area contributed by atoms with Crippen LogP contribution in [0.25, 0.3) is 0 Å². The zero-order valence-corrected chi connectivity index (χ0v) is 17.9. The number of carbonyl (C=O) groups excluding carboxylic acids is 2. The van der Waals surface area contributed by atoms with Gasteiger partial charge in [0, 0.05) is 25.2 Å². The Morgan fingerprint density at radius 2 is 1.97 bits per heavy atom. The van der Waals surface area contributed by atoms with E-state index >= 15 is 0 Å². The van der Waals surface area contributed by atoms with E-state index in [1.807, 2.05) is 16.7 Å².